The van der Waals surface area contributed by atoms with Crippen LogP contribution in [0.2, 0.25) is 0 Å². The van der Waals surface area contributed by atoms with Crippen LogP contribution in [0.25, 0.3) is 0 Å². The first-order valence-corrected chi connectivity index (χ1v) is 7.14. The average molecular weight is 226 g/mol. The summed E-state index contributed by atoms with van der Waals surface area (Å²) in [4.78, 5) is 0. The summed E-state index contributed by atoms with van der Waals surface area (Å²) in [6, 6.07) is 0. The molecular weight excluding hydrogens is 196 g/mol. The Balaban J connectivity index is 2.90. The molecule has 0 fully saturated rings. The van der Waals surface area contributed by atoms with Gasteiger partial charge in [0, 0.05) is 13.2 Å². The molecule has 0 aromatic carbocycles. The molecule has 96 valence electrons. The number of rotatable bonds is 12. The van der Waals surface area contributed by atoms with Crippen LogP contribution in [0.5, 0.6) is 0 Å². The second-order valence-corrected chi connectivity index (χ2v) is 4.40. The Kier molecular flexibility index (Phi) is 14.4. The van der Waals surface area contributed by atoms with Crippen LogP contribution in [-0.4, -0.2) is 13.2 Å². The molecule has 0 rings (SSSR count). The fourth-order valence-corrected chi connectivity index (χ4v) is 1.67. The lowest BCUT2D eigenvalue weighted by Gasteiger charge is -2.03. The molecular formula is C15H30O. The summed E-state index contributed by atoms with van der Waals surface area (Å²) in [5, 5.41) is 0. The monoisotopic (exact) mass is 226 g/mol. The van der Waals surface area contributed by atoms with E-state index in [1.165, 1.54) is 51.4 Å². The molecule has 0 N–H and O–H groups in total. The Labute approximate surface area is 102 Å². The topological polar surface area (TPSA) is 9.23 Å². The fraction of sp³-hybridized carbons (Fsp3) is 0.867. The quantitative estimate of drug-likeness (QED) is 0.332. The van der Waals surface area contributed by atoms with Crippen LogP contribution in [-0.2, 0) is 4.74 Å². The normalized spacial score (nSPS) is 11.4. The molecule has 0 aromatic heterocycles. The van der Waals surface area contributed by atoms with Crippen molar-refractivity contribution in [2.75, 3.05) is 13.2 Å². The van der Waals surface area contributed by atoms with Crippen LogP contribution in [0.15, 0.2) is 12.2 Å². The zero-order chi connectivity index (χ0) is 11.9. The van der Waals surface area contributed by atoms with E-state index in [0.29, 0.717) is 0 Å². The number of hydrogen-bond acceptors (Lipinski definition) is 1. The lowest BCUT2D eigenvalue weighted by molar-refractivity contribution is 0.128. The van der Waals surface area contributed by atoms with Crippen molar-refractivity contribution in [2.45, 2.75) is 71.6 Å². The summed E-state index contributed by atoms with van der Waals surface area (Å²) in [7, 11) is 0. The second-order valence-electron chi connectivity index (χ2n) is 4.40. The Hall–Kier alpha value is -0.300. The molecule has 0 aliphatic carbocycles. The minimum atomic E-state index is 0.934. The molecule has 0 spiro atoms. The lowest BCUT2D eigenvalue weighted by Crippen LogP contribution is -1.96. The van der Waals surface area contributed by atoms with Gasteiger partial charge in [0.2, 0.25) is 0 Å². The van der Waals surface area contributed by atoms with Gasteiger partial charge in [-0.2, -0.15) is 0 Å². The highest BCUT2D eigenvalue weighted by Crippen LogP contribution is 2.05. The van der Waals surface area contributed by atoms with Crippen molar-refractivity contribution in [2.24, 2.45) is 0 Å². The molecule has 0 aromatic rings. The Morgan fingerprint density at radius 1 is 0.750 bits per heavy atom. The predicted molar refractivity (Wildman–Crippen MR) is 72.9 cm³/mol. The maximum atomic E-state index is 5.59. The molecule has 0 saturated carbocycles. The molecule has 0 bridgehead atoms. The van der Waals surface area contributed by atoms with E-state index in [-0.39, 0.29) is 0 Å². The van der Waals surface area contributed by atoms with Gasteiger partial charge in [0.15, 0.2) is 0 Å². The van der Waals surface area contributed by atoms with Gasteiger partial charge >= 0.3 is 0 Å². The summed E-state index contributed by atoms with van der Waals surface area (Å²) in [6.07, 6.45) is 16.1. The molecule has 0 amide bonds. The van der Waals surface area contributed by atoms with E-state index >= 15 is 0 Å². The molecule has 0 saturated heterocycles. The van der Waals surface area contributed by atoms with Gasteiger partial charge in [-0.3, -0.25) is 0 Å². The molecule has 0 unspecified atom stereocenters. The third kappa shape index (κ3) is 13.7. The SMILES string of the molecule is CCC=CCCCOCCCCCCCC. The summed E-state index contributed by atoms with van der Waals surface area (Å²) in [5.74, 6) is 0. The highest BCUT2D eigenvalue weighted by Gasteiger charge is 1.91. The molecule has 0 aliphatic rings. The van der Waals surface area contributed by atoms with Crippen molar-refractivity contribution in [3.8, 4) is 0 Å². The minimum Gasteiger partial charge on any atom is -0.381 e. The highest BCUT2D eigenvalue weighted by atomic mass is 16.5. The van der Waals surface area contributed by atoms with E-state index in [9.17, 15) is 0 Å². The van der Waals surface area contributed by atoms with Crippen LogP contribution in [0, 0.1) is 0 Å². The number of ether oxygens (including phenoxy) is 1. The van der Waals surface area contributed by atoms with E-state index < -0.39 is 0 Å². The van der Waals surface area contributed by atoms with Crippen molar-refractivity contribution in [1.82, 2.24) is 0 Å². The third-order valence-corrected chi connectivity index (χ3v) is 2.70. The molecule has 16 heavy (non-hydrogen) atoms. The van der Waals surface area contributed by atoms with Crippen LogP contribution in [0.4, 0.5) is 0 Å². The van der Waals surface area contributed by atoms with Gasteiger partial charge < -0.3 is 4.74 Å². The largest absolute Gasteiger partial charge is 0.381 e. The Morgan fingerprint density at radius 2 is 1.44 bits per heavy atom. The van der Waals surface area contributed by atoms with E-state index in [2.05, 4.69) is 26.0 Å². The van der Waals surface area contributed by atoms with Gasteiger partial charge in [0.25, 0.3) is 0 Å². The van der Waals surface area contributed by atoms with E-state index in [4.69, 9.17) is 4.74 Å². The first-order valence-electron chi connectivity index (χ1n) is 7.14. The minimum absolute atomic E-state index is 0.934. The first-order chi connectivity index (χ1) is 7.91. The molecule has 0 heterocycles. The van der Waals surface area contributed by atoms with Crippen LogP contribution < -0.4 is 0 Å². The van der Waals surface area contributed by atoms with Gasteiger partial charge in [-0.05, 0) is 25.7 Å². The zero-order valence-electron chi connectivity index (χ0n) is 11.3. The Morgan fingerprint density at radius 3 is 2.19 bits per heavy atom. The van der Waals surface area contributed by atoms with Crippen molar-refractivity contribution < 1.29 is 4.74 Å². The molecule has 1 nitrogen and oxygen atoms in total. The van der Waals surface area contributed by atoms with Crippen molar-refractivity contribution in [3.63, 3.8) is 0 Å². The van der Waals surface area contributed by atoms with Gasteiger partial charge in [-0.25, -0.2) is 0 Å². The fourth-order valence-electron chi connectivity index (χ4n) is 1.67. The van der Waals surface area contributed by atoms with E-state index in [1.807, 2.05) is 0 Å². The molecule has 0 radical (unpaired) electrons. The Bertz CT molecular complexity index is 140. The molecule has 1 heteroatoms. The maximum absolute atomic E-state index is 5.59. The lowest BCUT2D eigenvalue weighted by atomic mass is 10.1. The molecule has 0 atom stereocenters. The average Bonchev–Trinajstić information content (AvgIpc) is 2.31. The van der Waals surface area contributed by atoms with Crippen LogP contribution >= 0.6 is 0 Å². The first kappa shape index (κ1) is 15.7. The van der Waals surface area contributed by atoms with Crippen LogP contribution in [0.1, 0.15) is 71.6 Å². The second kappa shape index (κ2) is 14.7. The highest BCUT2D eigenvalue weighted by molar-refractivity contribution is 4.79. The molecule has 0 aliphatic heterocycles. The van der Waals surface area contributed by atoms with E-state index in [1.54, 1.807) is 0 Å². The number of hydrogen-bond donors (Lipinski definition) is 0. The number of unbranched alkanes of at least 4 members (excludes halogenated alkanes) is 6. The zero-order valence-corrected chi connectivity index (χ0v) is 11.3. The number of allylic oxidation sites excluding steroid dienone is 2. The summed E-state index contributed by atoms with van der Waals surface area (Å²) >= 11 is 0. The summed E-state index contributed by atoms with van der Waals surface area (Å²) in [6.45, 7) is 6.33. The third-order valence-electron chi connectivity index (χ3n) is 2.70. The summed E-state index contributed by atoms with van der Waals surface area (Å²) in [5.41, 5.74) is 0. The van der Waals surface area contributed by atoms with Gasteiger partial charge in [0.1, 0.15) is 0 Å². The van der Waals surface area contributed by atoms with Crippen molar-refractivity contribution in [1.29, 1.82) is 0 Å². The summed E-state index contributed by atoms with van der Waals surface area (Å²) < 4.78 is 5.59. The predicted octanol–water partition coefficient (Wildman–Crippen LogP) is 5.11. The van der Waals surface area contributed by atoms with Crippen molar-refractivity contribution in [3.05, 3.63) is 12.2 Å². The van der Waals surface area contributed by atoms with Gasteiger partial charge in [-0.15, -0.1) is 0 Å². The van der Waals surface area contributed by atoms with Crippen LogP contribution in [0.3, 0.4) is 0 Å². The van der Waals surface area contributed by atoms with Gasteiger partial charge in [-0.1, -0.05) is 58.1 Å². The van der Waals surface area contributed by atoms with E-state index in [0.717, 1.165) is 19.6 Å². The van der Waals surface area contributed by atoms with Gasteiger partial charge in [0.05, 0.1) is 0 Å². The smallest absolute Gasteiger partial charge is 0.0468 e. The standard InChI is InChI=1S/C15H30O/c1-3-5-7-9-11-13-15-16-14-12-10-8-6-4-2/h6,8H,3-5,7,9-15H2,1-2H3. The maximum Gasteiger partial charge on any atom is 0.0468 e. The van der Waals surface area contributed by atoms with Crippen molar-refractivity contribution >= 4 is 0 Å².